The van der Waals surface area contributed by atoms with E-state index in [0.29, 0.717) is 5.92 Å². The minimum absolute atomic E-state index is 0.254. The van der Waals surface area contributed by atoms with E-state index in [4.69, 9.17) is 11.5 Å². The zero-order chi connectivity index (χ0) is 9.14. The van der Waals surface area contributed by atoms with E-state index in [1.165, 1.54) is 11.1 Å². The molecule has 1 unspecified atom stereocenters. The van der Waals surface area contributed by atoms with Crippen molar-refractivity contribution in [2.45, 2.75) is 32.4 Å². The zero-order valence-electron chi connectivity index (χ0n) is 7.72. The molecule has 0 aromatic rings. The molecule has 1 atom stereocenters. The first-order valence-electron chi connectivity index (χ1n) is 4.46. The van der Waals surface area contributed by atoms with Crippen LogP contribution in [0.1, 0.15) is 26.2 Å². The van der Waals surface area contributed by atoms with Crippen molar-refractivity contribution in [3.8, 4) is 0 Å². The maximum absolute atomic E-state index is 5.58. The number of nitrogens with two attached hydrogens (primary N) is 2. The van der Waals surface area contributed by atoms with Crippen molar-refractivity contribution in [2.75, 3.05) is 0 Å². The third-order valence-corrected chi connectivity index (χ3v) is 2.57. The second-order valence-electron chi connectivity index (χ2n) is 3.62. The van der Waals surface area contributed by atoms with Gasteiger partial charge in [-0.15, -0.1) is 0 Å². The van der Waals surface area contributed by atoms with Crippen molar-refractivity contribution in [3.05, 3.63) is 23.8 Å². The third-order valence-electron chi connectivity index (χ3n) is 2.57. The van der Waals surface area contributed by atoms with Crippen molar-refractivity contribution in [1.82, 2.24) is 0 Å². The van der Waals surface area contributed by atoms with Crippen LogP contribution in [0.15, 0.2) is 23.8 Å². The molecule has 0 aromatic carbocycles. The number of hydrogen-bond acceptors (Lipinski definition) is 2. The Kier molecular flexibility index (Phi) is 3.06. The lowest BCUT2D eigenvalue weighted by atomic mass is 9.85. The molecule has 0 heterocycles. The maximum Gasteiger partial charge on any atom is 0.0743 e. The summed E-state index contributed by atoms with van der Waals surface area (Å²) in [6, 6.07) is 0. The molecule has 2 heteroatoms. The summed E-state index contributed by atoms with van der Waals surface area (Å²) >= 11 is 0. The Morgan fingerprint density at radius 1 is 1.67 bits per heavy atom. The zero-order valence-corrected chi connectivity index (χ0v) is 7.72. The van der Waals surface area contributed by atoms with Gasteiger partial charge >= 0.3 is 0 Å². The first kappa shape index (κ1) is 9.49. The van der Waals surface area contributed by atoms with Crippen LogP contribution in [-0.4, -0.2) is 6.17 Å². The van der Waals surface area contributed by atoms with Crippen LogP contribution in [0.5, 0.6) is 0 Å². The quantitative estimate of drug-likeness (QED) is 0.483. The summed E-state index contributed by atoms with van der Waals surface area (Å²) in [5.74, 6) is 0.646. The van der Waals surface area contributed by atoms with E-state index >= 15 is 0 Å². The van der Waals surface area contributed by atoms with Gasteiger partial charge in [-0.05, 0) is 37.7 Å². The van der Waals surface area contributed by atoms with Crippen LogP contribution in [-0.2, 0) is 0 Å². The van der Waals surface area contributed by atoms with Crippen LogP contribution in [0, 0.1) is 5.92 Å². The lowest BCUT2D eigenvalue weighted by Gasteiger charge is -2.23. The Balaban J connectivity index is 2.53. The molecule has 12 heavy (non-hydrogen) atoms. The molecule has 0 bridgehead atoms. The predicted octanol–water partition coefficient (Wildman–Crippen LogP) is 1.53. The fourth-order valence-corrected chi connectivity index (χ4v) is 1.60. The monoisotopic (exact) mass is 166 g/mol. The van der Waals surface area contributed by atoms with E-state index in [-0.39, 0.29) is 6.17 Å². The largest absolute Gasteiger partial charge is 0.313 e. The van der Waals surface area contributed by atoms with Gasteiger partial charge in [-0.3, -0.25) is 0 Å². The van der Waals surface area contributed by atoms with Crippen molar-refractivity contribution in [1.29, 1.82) is 0 Å². The number of rotatable bonds is 2. The van der Waals surface area contributed by atoms with Crippen LogP contribution in [0.2, 0.25) is 0 Å². The summed E-state index contributed by atoms with van der Waals surface area (Å²) in [6.07, 6.45) is 5.18. The van der Waals surface area contributed by atoms with Gasteiger partial charge in [0, 0.05) is 0 Å². The van der Waals surface area contributed by atoms with Gasteiger partial charge in [-0.25, -0.2) is 0 Å². The second kappa shape index (κ2) is 3.87. The lowest BCUT2D eigenvalue weighted by molar-refractivity contribution is 0.521. The molecule has 0 saturated heterocycles. The second-order valence-corrected chi connectivity index (χ2v) is 3.62. The van der Waals surface area contributed by atoms with Crippen LogP contribution >= 0.6 is 0 Å². The van der Waals surface area contributed by atoms with Gasteiger partial charge in [0.1, 0.15) is 0 Å². The van der Waals surface area contributed by atoms with Gasteiger partial charge in [-0.1, -0.05) is 18.2 Å². The number of hydrogen-bond donors (Lipinski definition) is 2. The van der Waals surface area contributed by atoms with E-state index in [1.807, 2.05) is 0 Å². The molecule has 0 radical (unpaired) electrons. The highest BCUT2D eigenvalue weighted by atomic mass is 14.8. The molecule has 0 aliphatic heterocycles. The van der Waals surface area contributed by atoms with Crippen LogP contribution in [0.25, 0.3) is 0 Å². The minimum Gasteiger partial charge on any atom is -0.313 e. The molecule has 1 rings (SSSR count). The molecule has 0 fully saturated rings. The molecule has 0 spiro atoms. The van der Waals surface area contributed by atoms with Gasteiger partial charge in [-0.2, -0.15) is 0 Å². The molecular weight excluding hydrogens is 148 g/mol. The maximum atomic E-state index is 5.58. The molecule has 2 nitrogen and oxygen atoms in total. The highest BCUT2D eigenvalue weighted by molar-refractivity contribution is 5.15. The highest BCUT2D eigenvalue weighted by Crippen LogP contribution is 2.28. The fourth-order valence-electron chi connectivity index (χ4n) is 1.60. The van der Waals surface area contributed by atoms with Crippen LogP contribution < -0.4 is 11.5 Å². The highest BCUT2D eigenvalue weighted by Gasteiger charge is 2.16. The lowest BCUT2D eigenvalue weighted by Crippen LogP contribution is -2.33. The van der Waals surface area contributed by atoms with Gasteiger partial charge in [0.05, 0.1) is 6.17 Å². The van der Waals surface area contributed by atoms with E-state index in [0.717, 1.165) is 19.3 Å². The van der Waals surface area contributed by atoms with Gasteiger partial charge in [0.25, 0.3) is 0 Å². The van der Waals surface area contributed by atoms with E-state index in [2.05, 4.69) is 19.6 Å². The average molecular weight is 166 g/mol. The number of allylic oxidation sites excluding steroid dienone is 2. The van der Waals surface area contributed by atoms with Crippen molar-refractivity contribution < 1.29 is 0 Å². The standard InChI is InChI=1S/C10H18N2/c1-7(2)8-3-5-9(6-4-8)10(11)12/h5,8,10H,1,3-4,6,11-12H2,2H3. The Bertz CT molecular complexity index is 204. The summed E-state index contributed by atoms with van der Waals surface area (Å²) < 4.78 is 0. The molecule has 0 amide bonds. The van der Waals surface area contributed by atoms with Crippen LogP contribution in [0.4, 0.5) is 0 Å². The first-order chi connectivity index (χ1) is 5.61. The summed E-state index contributed by atoms with van der Waals surface area (Å²) in [7, 11) is 0. The SMILES string of the molecule is C=C(C)C1CC=C(C(N)N)CC1. The summed E-state index contributed by atoms with van der Waals surface area (Å²) in [4.78, 5) is 0. The molecule has 1 aliphatic rings. The summed E-state index contributed by atoms with van der Waals surface area (Å²) in [5.41, 5.74) is 13.6. The van der Waals surface area contributed by atoms with Crippen molar-refractivity contribution in [3.63, 3.8) is 0 Å². The van der Waals surface area contributed by atoms with Gasteiger partial charge in [0.15, 0.2) is 0 Å². The molecule has 0 saturated carbocycles. The van der Waals surface area contributed by atoms with E-state index in [1.54, 1.807) is 0 Å². The minimum atomic E-state index is -0.254. The molecule has 4 N–H and O–H groups in total. The average Bonchev–Trinajstić information content (AvgIpc) is 2.04. The Labute approximate surface area is 74.3 Å². The van der Waals surface area contributed by atoms with Crippen LogP contribution in [0.3, 0.4) is 0 Å². The topological polar surface area (TPSA) is 52.0 Å². The van der Waals surface area contributed by atoms with Gasteiger partial charge < -0.3 is 11.5 Å². The van der Waals surface area contributed by atoms with E-state index < -0.39 is 0 Å². The third kappa shape index (κ3) is 2.19. The van der Waals surface area contributed by atoms with E-state index in [9.17, 15) is 0 Å². The Morgan fingerprint density at radius 3 is 2.67 bits per heavy atom. The van der Waals surface area contributed by atoms with Crippen molar-refractivity contribution in [2.24, 2.45) is 17.4 Å². The summed E-state index contributed by atoms with van der Waals surface area (Å²) in [6.45, 7) is 6.05. The van der Waals surface area contributed by atoms with Crippen molar-refractivity contribution >= 4 is 0 Å². The first-order valence-corrected chi connectivity index (χ1v) is 4.46. The summed E-state index contributed by atoms with van der Waals surface area (Å²) in [5, 5.41) is 0. The molecule has 68 valence electrons. The molecular formula is C10H18N2. The van der Waals surface area contributed by atoms with Gasteiger partial charge in [0.2, 0.25) is 0 Å². The predicted molar refractivity (Wildman–Crippen MR) is 52.4 cm³/mol. The fraction of sp³-hybridized carbons (Fsp3) is 0.600. The molecule has 1 aliphatic carbocycles. The Morgan fingerprint density at radius 2 is 2.33 bits per heavy atom. The Hall–Kier alpha value is -0.600. The molecule has 0 aromatic heterocycles. The normalized spacial score (nSPS) is 24.0. The smallest absolute Gasteiger partial charge is 0.0743 e.